The van der Waals surface area contributed by atoms with E-state index in [0.717, 1.165) is 11.3 Å². The average Bonchev–Trinajstić information content (AvgIpc) is 2.37. The number of fused-ring (bicyclic) bond motifs is 1. The molecule has 1 aliphatic heterocycles. The zero-order valence-electron chi connectivity index (χ0n) is 9.85. The fraction of sp³-hybridized carbons (Fsp3) is 0.385. The first kappa shape index (κ1) is 12.7. The van der Waals surface area contributed by atoms with Gasteiger partial charge in [-0.25, -0.2) is 0 Å². The Morgan fingerprint density at radius 1 is 1.67 bits per heavy atom. The summed E-state index contributed by atoms with van der Waals surface area (Å²) in [5.41, 5.74) is 0.889. The fourth-order valence-corrected chi connectivity index (χ4v) is 2.01. The van der Waals surface area contributed by atoms with Crippen molar-refractivity contribution in [1.29, 1.82) is 5.26 Å². The topological polar surface area (TPSA) is 59.3 Å². The van der Waals surface area contributed by atoms with Crippen molar-refractivity contribution >= 4 is 17.6 Å². The van der Waals surface area contributed by atoms with Crippen molar-refractivity contribution in [1.82, 2.24) is 0 Å². The molecule has 94 valence electrons. The second-order valence-electron chi connectivity index (χ2n) is 4.17. The van der Waals surface area contributed by atoms with Crippen LogP contribution in [0.2, 0.25) is 5.02 Å². The van der Waals surface area contributed by atoms with Gasteiger partial charge in [0.05, 0.1) is 5.92 Å². The highest BCUT2D eigenvalue weighted by molar-refractivity contribution is 6.30. The van der Waals surface area contributed by atoms with Crippen LogP contribution in [0.15, 0.2) is 18.2 Å². The smallest absolute Gasteiger partial charge is 0.314 e. The molecule has 0 amide bonds. The molecule has 2 rings (SSSR count). The molecular weight excluding hydrogens is 254 g/mol. The molecule has 2 atom stereocenters. The van der Waals surface area contributed by atoms with Crippen molar-refractivity contribution in [2.75, 3.05) is 6.61 Å². The number of carbonyl (C=O) groups excluding carboxylic acids is 1. The van der Waals surface area contributed by atoms with Gasteiger partial charge >= 0.3 is 5.97 Å². The summed E-state index contributed by atoms with van der Waals surface area (Å²) in [7, 11) is 0. The number of nitrogens with zero attached hydrogens (tertiary/aromatic N) is 1. The Bertz CT molecular complexity index is 509. The molecule has 0 saturated carbocycles. The molecule has 0 N–H and O–H groups in total. The molecular formula is C13H12ClNO3. The number of halogens is 1. The molecule has 0 radical (unpaired) electrons. The van der Waals surface area contributed by atoms with Crippen LogP contribution in [0.3, 0.4) is 0 Å². The molecule has 1 aromatic rings. The van der Waals surface area contributed by atoms with Crippen molar-refractivity contribution < 1.29 is 14.3 Å². The first-order valence-corrected chi connectivity index (χ1v) is 5.99. The Kier molecular flexibility index (Phi) is 3.73. The van der Waals surface area contributed by atoms with Crippen molar-refractivity contribution in [2.24, 2.45) is 5.92 Å². The second-order valence-corrected chi connectivity index (χ2v) is 4.61. The van der Waals surface area contributed by atoms with Crippen LogP contribution in [0.5, 0.6) is 5.75 Å². The van der Waals surface area contributed by atoms with E-state index in [0.29, 0.717) is 11.4 Å². The third kappa shape index (κ3) is 2.74. The Labute approximate surface area is 110 Å². The van der Waals surface area contributed by atoms with Crippen molar-refractivity contribution in [3.63, 3.8) is 0 Å². The van der Waals surface area contributed by atoms with Gasteiger partial charge in [0, 0.05) is 5.02 Å². The van der Waals surface area contributed by atoms with E-state index in [1.54, 1.807) is 18.2 Å². The van der Waals surface area contributed by atoms with Gasteiger partial charge in [-0.1, -0.05) is 11.6 Å². The number of carbonyl (C=O) groups is 1. The normalized spacial score (nSPS) is 19.1. The van der Waals surface area contributed by atoms with Crippen molar-refractivity contribution in [3.05, 3.63) is 28.8 Å². The summed E-state index contributed by atoms with van der Waals surface area (Å²) in [6.45, 7) is 1.80. The summed E-state index contributed by atoms with van der Waals surface area (Å²) < 4.78 is 10.5. The summed E-state index contributed by atoms with van der Waals surface area (Å²) in [5.74, 6) is -0.0433. The second kappa shape index (κ2) is 5.28. The van der Waals surface area contributed by atoms with Gasteiger partial charge in [-0.05, 0) is 37.1 Å². The van der Waals surface area contributed by atoms with Gasteiger partial charge in [0.25, 0.3) is 0 Å². The van der Waals surface area contributed by atoms with E-state index < -0.39 is 12.1 Å². The van der Waals surface area contributed by atoms with Crippen LogP contribution in [-0.4, -0.2) is 18.7 Å². The molecule has 1 aliphatic rings. The van der Waals surface area contributed by atoms with Crippen LogP contribution in [0, 0.1) is 17.2 Å². The minimum absolute atomic E-state index is 0.269. The van der Waals surface area contributed by atoms with Crippen LogP contribution in [0.4, 0.5) is 0 Å². The maximum absolute atomic E-state index is 11.8. The van der Waals surface area contributed by atoms with Gasteiger partial charge in [0.15, 0.2) is 6.10 Å². The van der Waals surface area contributed by atoms with Gasteiger partial charge < -0.3 is 9.47 Å². The molecule has 0 unspecified atom stereocenters. The molecule has 0 saturated heterocycles. The third-order valence-electron chi connectivity index (χ3n) is 2.74. The lowest BCUT2D eigenvalue weighted by atomic mass is 9.97. The van der Waals surface area contributed by atoms with E-state index >= 15 is 0 Å². The predicted octanol–water partition coefficient (Wildman–Crippen LogP) is 2.35. The summed E-state index contributed by atoms with van der Waals surface area (Å²) in [4.78, 5) is 11.8. The SMILES string of the molecule is C[C@@H](C#N)OC(=O)[C@H]1COc2ccc(Cl)cc2C1. The molecule has 0 bridgehead atoms. The molecule has 0 aromatic heterocycles. The molecule has 18 heavy (non-hydrogen) atoms. The number of rotatable bonds is 2. The van der Waals surface area contributed by atoms with Gasteiger partial charge in [0.2, 0.25) is 0 Å². The number of hydrogen-bond donors (Lipinski definition) is 0. The van der Waals surface area contributed by atoms with E-state index in [-0.39, 0.29) is 12.5 Å². The Morgan fingerprint density at radius 2 is 2.44 bits per heavy atom. The third-order valence-corrected chi connectivity index (χ3v) is 2.97. The molecule has 0 aliphatic carbocycles. The number of nitriles is 1. The van der Waals surface area contributed by atoms with Crippen LogP contribution >= 0.6 is 11.6 Å². The summed E-state index contributed by atoms with van der Waals surface area (Å²) >= 11 is 5.90. The quantitative estimate of drug-likeness (QED) is 0.770. The zero-order chi connectivity index (χ0) is 13.1. The lowest BCUT2D eigenvalue weighted by Gasteiger charge is -2.24. The van der Waals surface area contributed by atoms with E-state index in [4.69, 9.17) is 26.3 Å². The average molecular weight is 266 g/mol. The molecule has 0 spiro atoms. The Morgan fingerprint density at radius 3 is 3.17 bits per heavy atom. The standard InChI is InChI=1S/C13H12ClNO3/c1-8(6-15)18-13(16)10-4-9-5-11(14)2-3-12(9)17-7-10/h2-3,5,8,10H,4,7H2,1H3/t8-,10+/m0/s1. The van der Waals surface area contributed by atoms with Crippen LogP contribution < -0.4 is 4.74 Å². The van der Waals surface area contributed by atoms with Crippen molar-refractivity contribution in [2.45, 2.75) is 19.4 Å². The maximum Gasteiger partial charge on any atom is 0.314 e. The predicted molar refractivity (Wildman–Crippen MR) is 65.3 cm³/mol. The number of esters is 1. The highest BCUT2D eigenvalue weighted by atomic mass is 35.5. The molecule has 0 fully saturated rings. The van der Waals surface area contributed by atoms with E-state index in [2.05, 4.69) is 0 Å². The van der Waals surface area contributed by atoms with E-state index in [9.17, 15) is 4.79 Å². The highest BCUT2D eigenvalue weighted by Crippen LogP contribution is 2.30. The van der Waals surface area contributed by atoms with Crippen LogP contribution in [0.1, 0.15) is 12.5 Å². The Balaban J connectivity index is 2.07. The molecule has 4 nitrogen and oxygen atoms in total. The number of ether oxygens (including phenoxy) is 2. The summed E-state index contributed by atoms with van der Waals surface area (Å²) in [5, 5.41) is 9.21. The monoisotopic (exact) mass is 265 g/mol. The van der Waals surface area contributed by atoms with Gasteiger partial charge in [-0.2, -0.15) is 5.26 Å². The zero-order valence-corrected chi connectivity index (χ0v) is 10.6. The summed E-state index contributed by atoms with van der Waals surface area (Å²) in [6, 6.07) is 7.18. The van der Waals surface area contributed by atoms with Gasteiger partial charge in [-0.3, -0.25) is 4.79 Å². The molecule has 5 heteroatoms. The summed E-state index contributed by atoms with van der Waals surface area (Å²) in [6.07, 6.45) is -0.217. The minimum Gasteiger partial charge on any atom is -0.492 e. The lowest BCUT2D eigenvalue weighted by molar-refractivity contribution is -0.152. The van der Waals surface area contributed by atoms with Crippen molar-refractivity contribution in [3.8, 4) is 11.8 Å². The fourth-order valence-electron chi connectivity index (χ4n) is 1.81. The van der Waals surface area contributed by atoms with Gasteiger partial charge in [-0.15, -0.1) is 0 Å². The van der Waals surface area contributed by atoms with E-state index in [1.165, 1.54) is 6.92 Å². The first-order chi connectivity index (χ1) is 8.60. The molecule has 1 aromatic carbocycles. The minimum atomic E-state index is -0.738. The van der Waals surface area contributed by atoms with E-state index in [1.807, 2.05) is 6.07 Å². The maximum atomic E-state index is 11.8. The number of benzene rings is 1. The lowest BCUT2D eigenvalue weighted by Crippen LogP contribution is -2.31. The highest BCUT2D eigenvalue weighted by Gasteiger charge is 2.28. The van der Waals surface area contributed by atoms with Gasteiger partial charge in [0.1, 0.15) is 18.4 Å². The van der Waals surface area contributed by atoms with Crippen LogP contribution in [0.25, 0.3) is 0 Å². The number of hydrogen-bond acceptors (Lipinski definition) is 4. The molecule has 1 heterocycles. The van der Waals surface area contributed by atoms with Crippen LogP contribution in [-0.2, 0) is 16.0 Å². The Hall–Kier alpha value is -1.73. The first-order valence-electron chi connectivity index (χ1n) is 5.61. The largest absolute Gasteiger partial charge is 0.492 e.